The predicted molar refractivity (Wildman–Crippen MR) is 65.0 cm³/mol. The first-order valence-electron chi connectivity index (χ1n) is 4.33. The standard InChI is InChI=1S/C11H14Br2/c1-11(2,3)7-8-5-4-6-9(12)10(8)13/h4-6H,7H2,1-3H3. The Kier molecular flexibility index (Phi) is 3.58. The smallest absolute Gasteiger partial charge is 0.0349 e. The van der Waals surface area contributed by atoms with Crippen molar-refractivity contribution >= 4 is 31.9 Å². The van der Waals surface area contributed by atoms with Crippen LogP contribution < -0.4 is 0 Å². The van der Waals surface area contributed by atoms with Gasteiger partial charge in [0.15, 0.2) is 0 Å². The summed E-state index contributed by atoms with van der Waals surface area (Å²) in [5.74, 6) is 0. The van der Waals surface area contributed by atoms with Crippen LogP contribution in [0.4, 0.5) is 0 Å². The first kappa shape index (κ1) is 11.3. The van der Waals surface area contributed by atoms with Gasteiger partial charge in [0.1, 0.15) is 0 Å². The van der Waals surface area contributed by atoms with Crippen LogP contribution in [0.5, 0.6) is 0 Å². The SMILES string of the molecule is CC(C)(C)Cc1cccc(Br)c1Br. The van der Waals surface area contributed by atoms with Crippen LogP contribution in [-0.4, -0.2) is 0 Å². The van der Waals surface area contributed by atoms with Crippen molar-refractivity contribution in [2.45, 2.75) is 27.2 Å². The molecule has 0 atom stereocenters. The Bertz CT molecular complexity index is 297. The van der Waals surface area contributed by atoms with E-state index >= 15 is 0 Å². The fourth-order valence-electron chi connectivity index (χ4n) is 1.26. The zero-order valence-corrected chi connectivity index (χ0v) is 11.4. The van der Waals surface area contributed by atoms with E-state index < -0.39 is 0 Å². The van der Waals surface area contributed by atoms with Gasteiger partial charge in [-0.15, -0.1) is 0 Å². The highest BCUT2D eigenvalue weighted by atomic mass is 79.9. The summed E-state index contributed by atoms with van der Waals surface area (Å²) in [5.41, 5.74) is 1.70. The molecular formula is C11H14Br2. The Morgan fingerprint density at radius 2 is 1.77 bits per heavy atom. The van der Waals surface area contributed by atoms with Crippen molar-refractivity contribution in [3.63, 3.8) is 0 Å². The molecule has 0 aliphatic heterocycles. The molecule has 0 saturated carbocycles. The van der Waals surface area contributed by atoms with E-state index in [2.05, 4.69) is 70.8 Å². The molecule has 0 nitrogen and oxygen atoms in total. The summed E-state index contributed by atoms with van der Waals surface area (Å²) in [6.07, 6.45) is 1.09. The minimum absolute atomic E-state index is 0.337. The zero-order chi connectivity index (χ0) is 10.1. The predicted octanol–water partition coefficient (Wildman–Crippen LogP) is 4.80. The third kappa shape index (κ3) is 3.43. The third-order valence-corrected chi connectivity index (χ3v) is 3.88. The van der Waals surface area contributed by atoms with E-state index in [0.29, 0.717) is 5.41 Å². The second kappa shape index (κ2) is 4.14. The molecule has 0 heterocycles. The van der Waals surface area contributed by atoms with Crippen LogP contribution in [0.15, 0.2) is 27.1 Å². The Balaban J connectivity index is 2.96. The maximum Gasteiger partial charge on any atom is 0.0349 e. The van der Waals surface area contributed by atoms with E-state index in [1.165, 1.54) is 10.0 Å². The van der Waals surface area contributed by atoms with Crippen molar-refractivity contribution in [1.82, 2.24) is 0 Å². The van der Waals surface area contributed by atoms with Crippen LogP contribution in [-0.2, 0) is 6.42 Å². The molecule has 0 radical (unpaired) electrons. The lowest BCUT2D eigenvalue weighted by Crippen LogP contribution is -2.09. The van der Waals surface area contributed by atoms with E-state index in [4.69, 9.17) is 0 Å². The number of halogens is 2. The van der Waals surface area contributed by atoms with Crippen molar-refractivity contribution in [1.29, 1.82) is 0 Å². The third-order valence-electron chi connectivity index (χ3n) is 1.75. The second-order valence-corrected chi connectivity index (χ2v) is 6.10. The Hall–Kier alpha value is 0.180. The van der Waals surface area contributed by atoms with Gasteiger partial charge in [-0.2, -0.15) is 0 Å². The number of hydrogen-bond acceptors (Lipinski definition) is 0. The van der Waals surface area contributed by atoms with Crippen molar-refractivity contribution in [2.24, 2.45) is 5.41 Å². The lowest BCUT2D eigenvalue weighted by molar-refractivity contribution is 0.410. The van der Waals surface area contributed by atoms with E-state index in [1.54, 1.807) is 0 Å². The zero-order valence-electron chi connectivity index (χ0n) is 8.20. The van der Waals surface area contributed by atoms with Gasteiger partial charge in [-0.05, 0) is 55.3 Å². The summed E-state index contributed by atoms with van der Waals surface area (Å²) in [4.78, 5) is 0. The van der Waals surface area contributed by atoms with Gasteiger partial charge < -0.3 is 0 Å². The van der Waals surface area contributed by atoms with Crippen molar-refractivity contribution in [3.8, 4) is 0 Å². The minimum atomic E-state index is 0.337. The molecule has 72 valence electrons. The minimum Gasteiger partial charge on any atom is -0.0608 e. The highest BCUT2D eigenvalue weighted by Gasteiger charge is 2.13. The molecule has 0 N–H and O–H groups in total. The van der Waals surface area contributed by atoms with Crippen LogP contribution in [0, 0.1) is 5.41 Å². The van der Waals surface area contributed by atoms with Crippen molar-refractivity contribution in [3.05, 3.63) is 32.7 Å². The number of rotatable bonds is 1. The van der Waals surface area contributed by atoms with Crippen LogP contribution in [0.2, 0.25) is 0 Å². The highest BCUT2D eigenvalue weighted by Crippen LogP contribution is 2.31. The van der Waals surface area contributed by atoms with Gasteiger partial charge in [0.05, 0.1) is 0 Å². The average Bonchev–Trinajstić information content (AvgIpc) is 1.96. The van der Waals surface area contributed by atoms with Crippen molar-refractivity contribution in [2.75, 3.05) is 0 Å². The van der Waals surface area contributed by atoms with Gasteiger partial charge in [0.2, 0.25) is 0 Å². The molecule has 0 aliphatic carbocycles. The molecule has 0 saturated heterocycles. The molecule has 0 spiro atoms. The van der Waals surface area contributed by atoms with E-state index in [0.717, 1.165) is 10.9 Å². The van der Waals surface area contributed by atoms with Crippen LogP contribution in [0.3, 0.4) is 0 Å². The van der Waals surface area contributed by atoms with Gasteiger partial charge >= 0.3 is 0 Å². The fourth-order valence-corrected chi connectivity index (χ4v) is 2.07. The van der Waals surface area contributed by atoms with Gasteiger partial charge in [0.25, 0.3) is 0 Å². The quantitative estimate of drug-likeness (QED) is 0.699. The molecular weight excluding hydrogens is 292 g/mol. The average molecular weight is 306 g/mol. The van der Waals surface area contributed by atoms with Crippen LogP contribution in [0.1, 0.15) is 26.3 Å². The van der Waals surface area contributed by atoms with Gasteiger partial charge in [0, 0.05) is 8.95 Å². The molecule has 0 aromatic heterocycles. The monoisotopic (exact) mass is 304 g/mol. The largest absolute Gasteiger partial charge is 0.0608 e. The number of benzene rings is 1. The first-order valence-corrected chi connectivity index (χ1v) is 5.92. The maximum atomic E-state index is 3.59. The van der Waals surface area contributed by atoms with Crippen LogP contribution in [0.25, 0.3) is 0 Å². The molecule has 0 fully saturated rings. The Labute approximate surface area is 97.0 Å². The summed E-state index contributed by atoms with van der Waals surface area (Å²) in [6.45, 7) is 6.75. The van der Waals surface area contributed by atoms with E-state index in [-0.39, 0.29) is 0 Å². The summed E-state index contributed by atoms with van der Waals surface area (Å²) in [6, 6.07) is 6.30. The van der Waals surface area contributed by atoms with E-state index in [9.17, 15) is 0 Å². The Morgan fingerprint density at radius 3 is 2.31 bits per heavy atom. The van der Waals surface area contributed by atoms with Gasteiger partial charge in [-0.3, -0.25) is 0 Å². The lowest BCUT2D eigenvalue weighted by atomic mass is 9.88. The molecule has 13 heavy (non-hydrogen) atoms. The van der Waals surface area contributed by atoms with Crippen LogP contribution >= 0.6 is 31.9 Å². The molecule has 0 bridgehead atoms. The van der Waals surface area contributed by atoms with Gasteiger partial charge in [-0.25, -0.2) is 0 Å². The first-order chi connectivity index (χ1) is 5.90. The van der Waals surface area contributed by atoms with Crippen molar-refractivity contribution < 1.29 is 0 Å². The summed E-state index contributed by atoms with van der Waals surface area (Å²) < 4.78 is 2.32. The van der Waals surface area contributed by atoms with E-state index in [1.807, 2.05) is 0 Å². The molecule has 0 unspecified atom stereocenters. The van der Waals surface area contributed by atoms with Gasteiger partial charge in [-0.1, -0.05) is 32.9 Å². The number of hydrogen-bond donors (Lipinski definition) is 0. The molecule has 0 amide bonds. The maximum absolute atomic E-state index is 3.59. The second-order valence-electron chi connectivity index (χ2n) is 4.45. The summed E-state index contributed by atoms with van der Waals surface area (Å²) in [5, 5.41) is 0. The summed E-state index contributed by atoms with van der Waals surface area (Å²) >= 11 is 7.09. The topological polar surface area (TPSA) is 0 Å². The molecule has 1 aromatic carbocycles. The molecule has 0 aliphatic rings. The molecule has 1 rings (SSSR count). The molecule has 1 aromatic rings. The lowest BCUT2D eigenvalue weighted by Gasteiger charge is -2.19. The summed E-state index contributed by atoms with van der Waals surface area (Å²) in [7, 11) is 0. The molecule has 2 heteroatoms. The Morgan fingerprint density at radius 1 is 1.15 bits per heavy atom. The normalized spacial score (nSPS) is 11.8. The highest BCUT2D eigenvalue weighted by molar-refractivity contribution is 9.13. The fraction of sp³-hybridized carbons (Fsp3) is 0.455.